The van der Waals surface area contributed by atoms with E-state index in [4.69, 9.17) is 9.47 Å². The van der Waals surface area contributed by atoms with Gasteiger partial charge in [0.15, 0.2) is 0 Å². The summed E-state index contributed by atoms with van der Waals surface area (Å²) in [6.45, 7) is 6.40. The maximum absolute atomic E-state index is 12.0. The quantitative estimate of drug-likeness (QED) is 0.666. The Morgan fingerprint density at radius 3 is 2.69 bits per heavy atom. The first kappa shape index (κ1) is 11.7. The second-order valence-electron chi connectivity index (χ2n) is 5.45. The highest BCUT2D eigenvalue weighted by Crippen LogP contribution is 2.30. The molecule has 2 bridgehead atoms. The number of carbonyl (C=O) groups is 1. The largest absolute Gasteiger partial charge is 0.444 e. The van der Waals surface area contributed by atoms with Crippen LogP contribution in [0.15, 0.2) is 0 Å². The summed E-state index contributed by atoms with van der Waals surface area (Å²) in [5.41, 5.74) is -0.500. The molecule has 0 radical (unpaired) electrons. The summed E-state index contributed by atoms with van der Waals surface area (Å²) in [7, 11) is 0. The predicted octanol–water partition coefficient (Wildman–Crippen LogP) is 0.755. The molecule has 92 valence electrons. The van der Waals surface area contributed by atoms with E-state index in [-0.39, 0.29) is 18.2 Å². The van der Waals surface area contributed by atoms with Crippen LogP contribution in [0.2, 0.25) is 0 Å². The summed E-state index contributed by atoms with van der Waals surface area (Å²) in [6.07, 6.45) is -0.244. The molecule has 2 saturated heterocycles. The first-order valence-corrected chi connectivity index (χ1v) is 5.65. The van der Waals surface area contributed by atoms with Crippen LogP contribution in [0.4, 0.5) is 4.79 Å². The summed E-state index contributed by atoms with van der Waals surface area (Å²) in [5, 5.41) is 9.79. The number of ether oxygens (including phenoxy) is 2. The molecule has 2 unspecified atom stereocenters. The van der Waals surface area contributed by atoms with Gasteiger partial charge >= 0.3 is 6.09 Å². The molecule has 1 amide bonds. The van der Waals surface area contributed by atoms with Gasteiger partial charge in [-0.25, -0.2) is 4.79 Å². The number of aliphatic hydroxyl groups is 1. The molecular weight excluding hydrogens is 210 g/mol. The lowest BCUT2D eigenvalue weighted by Gasteiger charge is -2.35. The Hall–Kier alpha value is -0.810. The maximum Gasteiger partial charge on any atom is 0.411 e. The normalized spacial score (nSPS) is 34.0. The third kappa shape index (κ3) is 2.15. The van der Waals surface area contributed by atoms with Gasteiger partial charge in [-0.1, -0.05) is 0 Å². The fraction of sp³-hybridized carbons (Fsp3) is 0.909. The van der Waals surface area contributed by atoms with Gasteiger partial charge in [-0.3, -0.25) is 4.90 Å². The molecule has 2 aliphatic rings. The van der Waals surface area contributed by atoms with E-state index in [1.165, 1.54) is 0 Å². The van der Waals surface area contributed by atoms with Crippen LogP contribution in [0.1, 0.15) is 27.2 Å². The SMILES string of the molecule is CC(C)(C)OC(=O)N1C2COCC1[C@@H](O)C2. The molecule has 0 aromatic rings. The van der Waals surface area contributed by atoms with Crippen molar-refractivity contribution in [1.29, 1.82) is 0 Å². The second-order valence-corrected chi connectivity index (χ2v) is 5.45. The number of hydrogen-bond acceptors (Lipinski definition) is 4. The summed E-state index contributed by atoms with van der Waals surface area (Å²) < 4.78 is 10.7. The first-order chi connectivity index (χ1) is 7.38. The zero-order valence-corrected chi connectivity index (χ0v) is 9.97. The molecule has 0 aliphatic carbocycles. The van der Waals surface area contributed by atoms with E-state index in [0.717, 1.165) is 0 Å². The van der Waals surface area contributed by atoms with Gasteiger partial charge in [-0.15, -0.1) is 0 Å². The summed E-state index contributed by atoms with van der Waals surface area (Å²) >= 11 is 0. The fourth-order valence-electron chi connectivity index (χ4n) is 2.27. The van der Waals surface area contributed by atoms with Crippen molar-refractivity contribution in [3.05, 3.63) is 0 Å². The Bertz CT molecular complexity index is 286. The van der Waals surface area contributed by atoms with E-state index in [9.17, 15) is 9.90 Å². The van der Waals surface area contributed by atoms with Crippen LogP contribution in [0.25, 0.3) is 0 Å². The smallest absolute Gasteiger partial charge is 0.411 e. The lowest BCUT2D eigenvalue weighted by molar-refractivity contribution is -0.0472. The number of nitrogens with zero attached hydrogens (tertiary/aromatic N) is 1. The highest BCUT2D eigenvalue weighted by Gasteiger charge is 2.47. The third-order valence-electron chi connectivity index (χ3n) is 2.91. The first-order valence-electron chi connectivity index (χ1n) is 5.65. The van der Waals surface area contributed by atoms with Gasteiger partial charge in [-0.2, -0.15) is 0 Å². The average Bonchev–Trinajstić information content (AvgIpc) is 2.31. The fourth-order valence-corrected chi connectivity index (χ4v) is 2.27. The van der Waals surface area contributed by atoms with Gasteiger partial charge in [-0.05, 0) is 27.2 Å². The van der Waals surface area contributed by atoms with Crippen molar-refractivity contribution >= 4 is 6.09 Å². The van der Waals surface area contributed by atoms with Crippen molar-refractivity contribution in [3.8, 4) is 0 Å². The highest BCUT2D eigenvalue weighted by atomic mass is 16.6. The molecule has 2 rings (SSSR count). The van der Waals surface area contributed by atoms with E-state index < -0.39 is 11.7 Å². The number of hydrogen-bond donors (Lipinski definition) is 1. The molecule has 2 fully saturated rings. The Labute approximate surface area is 95.3 Å². The number of rotatable bonds is 0. The van der Waals surface area contributed by atoms with E-state index >= 15 is 0 Å². The molecule has 5 nitrogen and oxygen atoms in total. The third-order valence-corrected chi connectivity index (χ3v) is 2.91. The van der Waals surface area contributed by atoms with Gasteiger partial charge in [0.25, 0.3) is 0 Å². The van der Waals surface area contributed by atoms with Crippen molar-refractivity contribution in [2.45, 2.75) is 51.0 Å². The molecule has 2 aliphatic heterocycles. The minimum Gasteiger partial charge on any atom is -0.444 e. The Balaban J connectivity index is 2.07. The van der Waals surface area contributed by atoms with E-state index in [2.05, 4.69) is 0 Å². The molecule has 0 aromatic heterocycles. The van der Waals surface area contributed by atoms with Crippen molar-refractivity contribution in [2.24, 2.45) is 0 Å². The molecule has 0 spiro atoms. The van der Waals surface area contributed by atoms with E-state index in [0.29, 0.717) is 19.6 Å². The number of amides is 1. The van der Waals surface area contributed by atoms with Crippen LogP contribution in [-0.2, 0) is 9.47 Å². The summed E-state index contributed by atoms with van der Waals surface area (Å²) in [5.74, 6) is 0. The number of morpholine rings is 1. The van der Waals surface area contributed by atoms with Crippen LogP contribution >= 0.6 is 0 Å². The maximum atomic E-state index is 12.0. The van der Waals surface area contributed by atoms with Crippen LogP contribution in [0, 0.1) is 0 Å². The number of fused-ring (bicyclic) bond motifs is 2. The topological polar surface area (TPSA) is 59.0 Å². The summed E-state index contributed by atoms with van der Waals surface area (Å²) in [4.78, 5) is 13.6. The molecule has 0 saturated carbocycles. The Morgan fingerprint density at radius 1 is 1.44 bits per heavy atom. The van der Waals surface area contributed by atoms with Crippen molar-refractivity contribution in [2.75, 3.05) is 13.2 Å². The lowest BCUT2D eigenvalue weighted by Crippen LogP contribution is -2.52. The predicted molar refractivity (Wildman–Crippen MR) is 57.1 cm³/mol. The molecule has 2 heterocycles. The van der Waals surface area contributed by atoms with Crippen LogP contribution in [0.5, 0.6) is 0 Å². The minimum atomic E-state index is -0.500. The van der Waals surface area contributed by atoms with E-state index in [1.807, 2.05) is 20.8 Å². The van der Waals surface area contributed by atoms with Crippen molar-refractivity contribution in [1.82, 2.24) is 4.90 Å². The second kappa shape index (κ2) is 3.89. The van der Waals surface area contributed by atoms with Crippen LogP contribution < -0.4 is 0 Å². The summed E-state index contributed by atoms with van der Waals surface area (Å²) in [6, 6.07) is -0.280. The van der Waals surface area contributed by atoms with Crippen LogP contribution in [0.3, 0.4) is 0 Å². The van der Waals surface area contributed by atoms with Gasteiger partial charge < -0.3 is 14.6 Å². The Kier molecular flexibility index (Phi) is 2.84. The molecule has 3 atom stereocenters. The standard InChI is InChI=1S/C11H19NO4/c1-11(2,3)16-10(14)12-7-4-9(13)8(12)6-15-5-7/h7-9,13H,4-6H2,1-3H3/t7?,8?,9-/m0/s1. The van der Waals surface area contributed by atoms with Gasteiger partial charge in [0.05, 0.1) is 31.4 Å². The number of carbonyl (C=O) groups excluding carboxylic acids is 1. The van der Waals surface area contributed by atoms with Gasteiger partial charge in [0, 0.05) is 0 Å². The van der Waals surface area contributed by atoms with Crippen molar-refractivity contribution in [3.63, 3.8) is 0 Å². The Morgan fingerprint density at radius 2 is 2.12 bits per heavy atom. The zero-order valence-electron chi connectivity index (χ0n) is 9.97. The molecular formula is C11H19NO4. The van der Waals surface area contributed by atoms with E-state index in [1.54, 1.807) is 4.90 Å². The van der Waals surface area contributed by atoms with Gasteiger partial charge in [0.1, 0.15) is 5.60 Å². The minimum absolute atomic E-state index is 0.0383. The van der Waals surface area contributed by atoms with Gasteiger partial charge in [0.2, 0.25) is 0 Å². The molecule has 1 N–H and O–H groups in total. The molecule has 16 heavy (non-hydrogen) atoms. The lowest BCUT2D eigenvalue weighted by atomic mass is 10.2. The van der Waals surface area contributed by atoms with Crippen LogP contribution in [-0.4, -0.2) is 53.1 Å². The molecule has 5 heteroatoms. The monoisotopic (exact) mass is 229 g/mol. The highest BCUT2D eigenvalue weighted by molar-refractivity contribution is 5.69. The number of aliphatic hydroxyl groups excluding tert-OH is 1. The molecule has 0 aromatic carbocycles. The zero-order chi connectivity index (χ0) is 11.9. The average molecular weight is 229 g/mol. The van der Waals surface area contributed by atoms with Crippen molar-refractivity contribution < 1.29 is 19.4 Å².